The molecule has 0 aromatic carbocycles. The highest BCUT2D eigenvalue weighted by molar-refractivity contribution is 5.82. The standard InChI is InChI=1S/C8H19N3O2/c1-6(8(9)10-13)4-11(3)5-7(2)12/h6-7,12-13H,4-5H2,1-3H3,(H2,9,10). The molecule has 4 N–H and O–H groups in total. The fourth-order valence-corrected chi connectivity index (χ4v) is 1.19. The molecule has 0 spiro atoms. The highest BCUT2D eigenvalue weighted by atomic mass is 16.4. The molecule has 0 rings (SSSR count). The predicted molar refractivity (Wildman–Crippen MR) is 51.8 cm³/mol. The highest BCUT2D eigenvalue weighted by Gasteiger charge is 2.11. The molecule has 0 saturated heterocycles. The first-order valence-corrected chi connectivity index (χ1v) is 4.31. The van der Waals surface area contributed by atoms with Gasteiger partial charge in [0, 0.05) is 19.0 Å². The summed E-state index contributed by atoms with van der Waals surface area (Å²) in [5, 5.41) is 20.4. The van der Waals surface area contributed by atoms with Crippen molar-refractivity contribution in [3.63, 3.8) is 0 Å². The number of nitrogens with two attached hydrogens (primary N) is 1. The van der Waals surface area contributed by atoms with Gasteiger partial charge in [-0.3, -0.25) is 0 Å². The second-order valence-corrected chi connectivity index (χ2v) is 3.50. The van der Waals surface area contributed by atoms with Crippen LogP contribution < -0.4 is 5.73 Å². The van der Waals surface area contributed by atoms with E-state index in [9.17, 15) is 0 Å². The van der Waals surface area contributed by atoms with Gasteiger partial charge >= 0.3 is 0 Å². The Morgan fingerprint density at radius 3 is 2.38 bits per heavy atom. The van der Waals surface area contributed by atoms with E-state index in [1.165, 1.54) is 0 Å². The zero-order chi connectivity index (χ0) is 10.4. The Morgan fingerprint density at radius 2 is 2.00 bits per heavy atom. The van der Waals surface area contributed by atoms with E-state index in [0.29, 0.717) is 13.1 Å². The quantitative estimate of drug-likeness (QED) is 0.240. The maximum atomic E-state index is 9.08. The SMILES string of the molecule is CC(O)CN(C)CC(C)C(N)=NO. The van der Waals surface area contributed by atoms with Gasteiger partial charge in [-0.15, -0.1) is 0 Å². The zero-order valence-electron chi connectivity index (χ0n) is 8.44. The molecule has 2 atom stereocenters. The monoisotopic (exact) mass is 189 g/mol. The molecular formula is C8H19N3O2. The summed E-state index contributed by atoms with van der Waals surface area (Å²) in [7, 11) is 1.88. The van der Waals surface area contributed by atoms with E-state index in [1.807, 2.05) is 18.9 Å². The van der Waals surface area contributed by atoms with Crippen molar-refractivity contribution in [1.82, 2.24) is 4.90 Å². The molecule has 0 aliphatic rings. The van der Waals surface area contributed by atoms with Gasteiger partial charge in [0.1, 0.15) is 5.84 Å². The van der Waals surface area contributed by atoms with Gasteiger partial charge < -0.3 is 20.9 Å². The summed E-state index contributed by atoms with van der Waals surface area (Å²) in [6.45, 7) is 4.85. The first-order chi connectivity index (χ1) is 5.97. The number of nitrogens with zero attached hydrogens (tertiary/aromatic N) is 2. The van der Waals surface area contributed by atoms with Crippen LogP contribution in [-0.2, 0) is 0 Å². The van der Waals surface area contributed by atoms with Crippen LogP contribution >= 0.6 is 0 Å². The Kier molecular flexibility index (Phi) is 5.41. The molecule has 0 bridgehead atoms. The molecule has 0 aromatic rings. The lowest BCUT2D eigenvalue weighted by atomic mass is 10.1. The van der Waals surface area contributed by atoms with Crippen LogP contribution in [0.5, 0.6) is 0 Å². The van der Waals surface area contributed by atoms with Crippen LogP contribution in [0.1, 0.15) is 13.8 Å². The van der Waals surface area contributed by atoms with E-state index in [1.54, 1.807) is 6.92 Å². The molecular weight excluding hydrogens is 170 g/mol. The molecule has 0 saturated carbocycles. The van der Waals surface area contributed by atoms with Crippen molar-refractivity contribution in [1.29, 1.82) is 0 Å². The Labute approximate surface area is 78.8 Å². The van der Waals surface area contributed by atoms with Crippen LogP contribution in [0.25, 0.3) is 0 Å². The molecule has 78 valence electrons. The van der Waals surface area contributed by atoms with Crippen molar-refractivity contribution in [2.24, 2.45) is 16.8 Å². The van der Waals surface area contributed by atoms with Gasteiger partial charge in [-0.25, -0.2) is 0 Å². The minimum atomic E-state index is -0.357. The van der Waals surface area contributed by atoms with E-state index in [4.69, 9.17) is 16.0 Å². The number of hydrogen-bond donors (Lipinski definition) is 3. The lowest BCUT2D eigenvalue weighted by molar-refractivity contribution is 0.138. The third-order valence-corrected chi connectivity index (χ3v) is 1.78. The van der Waals surface area contributed by atoms with Crippen LogP contribution in [0.2, 0.25) is 0 Å². The minimum absolute atomic E-state index is 0.00579. The summed E-state index contributed by atoms with van der Waals surface area (Å²) in [5.74, 6) is 0.214. The van der Waals surface area contributed by atoms with Gasteiger partial charge in [0.2, 0.25) is 0 Å². The number of hydrogen-bond acceptors (Lipinski definition) is 4. The first-order valence-electron chi connectivity index (χ1n) is 4.31. The van der Waals surface area contributed by atoms with Crippen LogP contribution in [0, 0.1) is 5.92 Å². The number of amidine groups is 1. The Morgan fingerprint density at radius 1 is 1.46 bits per heavy atom. The molecule has 13 heavy (non-hydrogen) atoms. The van der Waals surface area contributed by atoms with E-state index < -0.39 is 0 Å². The molecule has 0 aliphatic carbocycles. The summed E-state index contributed by atoms with van der Waals surface area (Å²) in [6.07, 6.45) is -0.357. The van der Waals surface area contributed by atoms with Crippen LogP contribution in [0.3, 0.4) is 0 Å². The van der Waals surface area contributed by atoms with Gasteiger partial charge in [0.25, 0.3) is 0 Å². The molecule has 0 radical (unpaired) electrons. The summed E-state index contributed by atoms with van der Waals surface area (Å²) in [4.78, 5) is 1.94. The molecule has 0 fully saturated rings. The Balaban J connectivity index is 3.84. The van der Waals surface area contributed by atoms with Crippen LogP contribution in [0.4, 0.5) is 0 Å². The molecule has 0 aromatic heterocycles. The first kappa shape index (κ1) is 12.2. The third-order valence-electron chi connectivity index (χ3n) is 1.78. The van der Waals surface area contributed by atoms with Crippen molar-refractivity contribution < 1.29 is 10.3 Å². The maximum Gasteiger partial charge on any atom is 0.143 e. The van der Waals surface area contributed by atoms with E-state index >= 15 is 0 Å². The average Bonchev–Trinajstić information content (AvgIpc) is 2.01. The van der Waals surface area contributed by atoms with Crippen molar-refractivity contribution in [3.8, 4) is 0 Å². The Bertz CT molecular complexity index is 171. The minimum Gasteiger partial charge on any atom is -0.409 e. The summed E-state index contributed by atoms with van der Waals surface area (Å²) in [5.41, 5.74) is 5.41. The maximum absolute atomic E-state index is 9.08. The zero-order valence-corrected chi connectivity index (χ0v) is 8.44. The van der Waals surface area contributed by atoms with Gasteiger partial charge in [-0.05, 0) is 14.0 Å². The number of likely N-dealkylation sites (N-methyl/N-ethyl adjacent to an activating group) is 1. The number of rotatable bonds is 5. The second-order valence-electron chi connectivity index (χ2n) is 3.50. The number of aliphatic hydroxyl groups is 1. The molecule has 5 heteroatoms. The summed E-state index contributed by atoms with van der Waals surface area (Å²) >= 11 is 0. The predicted octanol–water partition coefficient (Wildman–Crippen LogP) is -0.318. The average molecular weight is 189 g/mol. The van der Waals surface area contributed by atoms with Crippen molar-refractivity contribution in [2.45, 2.75) is 20.0 Å². The lowest BCUT2D eigenvalue weighted by Gasteiger charge is -2.21. The number of oxime groups is 1. The van der Waals surface area contributed by atoms with E-state index in [0.717, 1.165) is 0 Å². The van der Waals surface area contributed by atoms with Crippen LogP contribution in [0.15, 0.2) is 5.16 Å². The van der Waals surface area contributed by atoms with E-state index in [2.05, 4.69) is 5.16 Å². The molecule has 0 heterocycles. The normalized spacial score (nSPS) is 17.5. The van der Waals surface area contributed by atoms with Gasteiger partial charge in [-0.2, -0.15) is 0 Å². The molecule has 2 unspecified atom stereocenters. The molecule has 5 nitrogen and oxygen atoms in total. The van der Waals surface area contributed by atoms with Crippen molar-refractivity contribution in [2.75, 3.05) is 20.1 Å². The highest BCUT2D eigenvalue weighted by Crippen LogP contribution is 1.98. The molecule has 0 aliphatic heterocycles. The smallest absolute Gasteiger partial charge is 0.143 e. The fraction of sp³-hybridized carbons (Fsp3) is 0.875. The topological polar surface area (TPSA) is 82.1 Å². The van der Waals surface area contributed by atoms with Gasteiger partial charge in [-0.1, -0.05) is 12.1 Å². The lowest BCUT2D eigenvalue weighted by Crippen LogP contribution is -2.36. The summed E-state index contributed by atoms with van der Waals surface area (Å²) < 4.78 is 0. The van der Waals surface area contributed by atoms with E-state index in [-0.39, 0.29) is 17.9 Å². The third kappa shape index (κ3) is 5.43. The fourth-order valence-electron chi connectivity index (χ4n) is 1.19. The second kappa shape index (κ2) is 5.77. The van der Waals surface area contributed by atoms with Crippen molar-refractivity contribution >= 4 is 5.84 Å². The van der Waals surface area contributed by atoms with Gasteiger partial charge in [0.05, 0.1) is 6.10 Å². The largest absolute Gasteiger partial charge is 0.409 e. The number of aliphatic hydroxyl groups excluding tert-OH is 1. The van der Waals surface area contributed by atoms with Crippen molar-refractivity contribution in [3.05, 3.63) is 0 Å². The Hall–Kier alpha value is -0.810. The van der Waals surface area contributed by atoms with Gasteiger partial charge in [0.15, 0.2) is 0 Å². The molecule has 0 amide bonds. The van der Waals surface area contributed by atoms with Crippen LogP contribution in [-0.4, -0.2) is 47.3 Å². The summed E-state index contributed by atoms with van der Waals surface area (Å²) in [6, 6.07) is 0.